The van der Waals surface area contributed by atoms with E-state index in [0.29, 0.717) is 5.56 Å². The maximum atomic E-state index is 12.2. The standard InChI is InChI=1S/C13H16INO3/c1-8(2)15(7-12(16)17)13(18)10-5-4-9(3)11(14)6-10/h4-6,8H,7H2,1-3H3,(H,16,17). The third kappa shape index (κ3) is 3.69. The summed E-state index contributed by atoms with van der Waals surface area (Å²) in [5.41, 5.74) is 1.63. The quantitative estimate of drug-likeness (QED) is 0.839. The van der Waals surface area contributed by atoms with E-state index in [1.807, 2.05) is 13.0 Å². The number of hydrogen-bond acceptors (Lipinski definition) is 2. The fraction of sp³-hybridized carbons (Fsp3) is 0.385. The summed E-state index contributed by atoms with van der Waals surface area (Å²) in [6.07, 6.45) is 0. The van der Waals surface area contributed by atoms with Gasteiger partial charge in [-0.1, -0.05) is 6.07 Å². The van der Waals surface area contributed by atoms with E-state index in [2.05, 4.69) is 22.6 Å². The highest BCUT2D eigenvalue weighted by Gasteiger charge is 2.21. The van der Waals surface area contributed by atoms with Crippen LogP contribution in [0.5, 0.6) is 0 Å². The summed E-state index contributed by atoms with van der Waals surface area (Å²) in [4.78, 5) is 24.4. The van der Waals surface area contributed by atoms with E-state index in [0.717, 1.165) is 9.13 Å². The second-order valence-corrected chi connectivity index (χ2v) is 5.55. The summed E-state index contributed by atoms with van der Waals surface area (Å²) >= 11 is 2.16. The molecule has 4 nitrogen and oxygen atoms in total. The number of amides is 1. The molecular formula is C13H16INO3. The zero-order valence-electron chi connectivity index (χ0n) is 10.6. The fourth-order valence-corrected chi connectivity index (χ4v) is 2.04. The van der Waals surface area contributed by atoms with Crippen molar-refractivity contribution in [3.63, 3.8) is 0 Å². The maximum Gasteiger partial charge on any atom is 0.323 e. The van der Waals surface area contributed by atoms with Gasteiger partial charge < -0.3 is 10.0 Å². The summed E-state index contributed by atoms with van der Waals surface area (Å²) in [5.74, 6) is -1.25. The Morgan fingerprint density at radius 1 is 1.39 bits per heavy atom. The summed E-state index contributed by atoms with van der Waals surface area (Å²) in [6, 6.07) is 5.24. The van der Waals surface area contributed by atoms with Crippen LogP contribution in [0.15, 0.2) is 18.2 Å². The van der Waals surface area contributed by atoms with Crippen molar-refractivity contribution in [1.82, 2.24) is 4.90 Å². The first kappa shape index (κ1) is 14.9. The van der Waals surface area contributed by atoms with Crippen LogP contribution < -0.4 is 0 Å². The molecule has 0 aromatic heterocycles. The van der Waals surface area contributed by atoms with Crippen LogP contribution in [0.2, 0.25) is 0 Å². The SMILES string of the molecule is Cc1ccc(C(=O)N(CC(=O)O)C(C)C)cc1I. The first-order valence-corrected chi connectivity index (χ1v) is 6.69. The molecule has 0 saturated heterocycles. The molecule has 1 aromatic carbocycles. The maximum absolute atomic E-state index is 12.2. The molecule has 0 unspecified atom stereocenters. The van der Waals surface area contributed by atoms with E-state index in [1.54, 1.807) is 26.0 Å². The molecule has 0 aliphatic heterocycles. The highest BCUT2D eigenvalue weighted by Crippen LogP contribution is 2.16. The van der Waals surface area contributed by atoms with Gasteiger partial charge in [-0.05, 0) is 61.1 Å². The van der Waals surface area contributed by atoms with Gasteiger partial charge in [0.05, 0.1) is 0 Å². The summed E-state index contributed by atoms with van der Waals surface area (Å²) in [6.45, 7) is 5.30. The van der Waals surface area contributed by atoms with E-state index in [9.17, 15) is 9.59 Å². The van der Waals surface area contributed by atoms with Crippen molar-refractivity contribution >= 4 is 34.5 Å². The van der Waals surface area contributed by atoms with Crippen molar-refractivity contribution in [3.05, 3.63) is 32.9 Å². The zero-order chi connectivity index (χ0) is 13.9. The molecule has 0 aliphatic rings. The second-order valence-electron chi connectivity index (χ2n) is 4.38. The number of aryl methyl sites for hydroxylation is 1. The van der Waals surface area contributed by atoms with Crippen LogP contribution in [-0.4, -0.2) is 34.5 Å². The predicted octanol–water partition coefficient (Wildman–Crippen LogP) is 2.53. The molecule has 18 heavy (non-hydrogen) atoms. The molecule has 1 N–H and O–H groups in total. The molecule has 0 fully saturated rings. The van der Waals surface area contributed by atoms with Gasteiger partial charge in [0, 0.05) is 15.2 Å². The Hall–Kier alpha value is -1.11. The molecule has 0 spiro atoms. The second kappa shape index (κ2) is 6.17. The smallest absolute Gasteiger partial charge is 0.323 e. The molecule has 0 bridgehead atoms. The number of aliphatic carboxylic acids is 1. The van der Waals surface area contributed by atoms with Crippen molar-refractivity contribution in [2.24, 2.45) is 0 Å². The van der Waals surface area contributed by atoms with E-state index >= 15 is 0 Å². The van der Waals surface area contributed by atoms with Crippen molar-refractivity contribution in [1.29, 1.82) is 0 Å². The minimum Gasteiger partial charge on any atom is -0.480 e. The van der Waals surface area contributed by atoms with E-state index in [-0.39, 0.29) is 18.5 Å². The summed E-state index contributed by atoms with van der Waals surface area (Å²) in [7, 11) is 0. The Bertz CT molecular complexity index is 471. The average Bonchev–Trinajstić information content (AvgIpc) is 2.28. The first-order chi connectivity index (χ1) is 8.32. The fourth-order valence-electron chi connectivity index (χ4n) is 1.53. The van der Waals surface area contributed by atoms with Gasteiger partial charge in [-0.2, -0.15) is 0 Å². The third-order valence-corrected chi connectivity index (χ3v) is 3.77. The number of nitrogens with zero attached hydrogens (tertiary/aromatic N) is 1. The normalized spacial score (nSPS) is 10.5. The van der Waals surface area contributed by atoms with Gasteiger partial charge in [0.15, 0.2) is 0 Å². The molecule has 5 heteroatoms. The van der Waals surface area contributed by atoms with Crippen molar-refractivity contribution in [2.45, 2.75) is 26.8 Å². The van der Waals surface area contributed by atoms with Crippen LogP contribution in [0.4, 0.5) is 0 Å². The molecule has 0 radical (unpaired) electrons. The minimum atomic E-state index is -1.00. The number of halogens is 1. The molecule has 1 aromatic rings. The van der Waals surface area contributed by atoms with Gasteiger partial charge in [-0.15, -0.1) is 0 Å². The monoisotopic (exact) mass is 361 g/mol. The van der Waals surface area contributed by atoms with E-state index in [4.69, 9.17) is 5.11 Å². The lowest BCUT2D eigenvalue weighted by atomic mass is 10.1. The number of benzene rings is 1. The van der Waals surface area contributed by atoms with Crippen molar-refractivity contribution < 1.29 is 14.7 Å². The Balaban J connectivity index is 3.02. The Morgan fingerprint density at radius 2 is 2.00 bits per heavy atom. The van der Waals surface area contributed by atoms with Crippen LogP contribution in [0.1, 0.15) is 29.8 Å². The van der Waals surface area contributed by atoms with Crippen LogP contribution in [0.3, 0.4) is 0 Å². The van der Waals surface area contributed by atoms with Crippen molar-refractivity contribution in [2.75, 3.05) is 6.54 Å². The lowest BCUT2D eigenvalue weighted by molar-refractivity contribution is -0.138. The molecule has 0 atom stereocenters. The van der Waals surface area contributed by atoms with Crippen LogP contribution in [0, 0.1) is 10.5 Å². The number of carboxylic acid groups (broad SMARTS) is 1. The van der Waals surface area contributed by atoms with E-state index < -0.39 is 5.97 Å². The number of hydrogen-bond donors (Lipinski definition) is 1. The highest BCUT2D eigenvalue weighted by molar-refractivity contribution is 14.1. The van der Waals surface area contributed by atoms with Gasteiger partial charge in [0.2, 0.25) is 0 Å². The van der Waals surface area contributed by atoms with Crippen LogP contribution >= 0.6 is 22.6 Å². The van der Waals surface area contributed by atoms with E-state index in [1.165, 1.54) is 4.90 Å². The van der Waals surface area contributed by atoms with Crippen molar-refractivity contribution in [3.8, 4) is 0 Å². The highest BCUT2D eigenvalue weighted by atomic mass is 127. The Kier molecular flexibility index (Phi) is 5.13. The predicted molar refractivity (Wildman–Crippen MR) is 77.7 cm³/mol. The molecule has 1 rings (SSSR count). The topological polar surface area (TPSA) is 57.6 Å². The Labute approximate surface area is 120 Å². The minimum absolute atomic E-state index is 0.146. The average molecular weight is 361 g/mol. The number of rotatable bonds is 4. The molecule has 98 valence electrons. The number of carbonyl (C=O) groups excluding carboxylic acids is 1. The summed E-state index contributed by atoms with van der Waals surface area (Å²) < 4.78 is 0.998. The van der Waals surface area contributed by atoms with Gasteiger partial charge in [0.1, 0.15) is 6.54 Å². The lowest BCUT2D eigenvalue weighted by Crippen LogP contribution is -2.40. The molecule has 1 amide bonds. The van der Waals surface area contributed by atoms with Crippen LogP contribution in [-0.2, 0) is 4.79 Å². The Morgan fingerprint density at radius 3 is 2.44 bits per heavy atom. The van der Waals surface area contributed by atoms with Crippen LogP contribution in [0.25, 0.3) is 0 Å². The van der Waals surface area contributed by atoms with Gasteiger partial charge in [0.25, 0.3) is 5.91 Å². The first-order valence-electron chi connectivity index (χ1n) is 5.62. The summed E-state index contributed by atoms with van der Waals surface area (Å²) in [5, 5.41) is 8.83. The van der Waals surface area contributed by atoms with Gasteiger partial charge in [-0.3, -0.25) is 9.59 Å². The van der Waals surface area contributed by atoms with Gasteiger partial charge in [-0.25, -0.2) is 0 Å². The largest absolute Gasteiger partial charge is 0.480 e. The number of carboxylic acids is 1. The lowest BCUT2D eigenvalue weighted by Gasteiger charge is -2.25. The molecule has 0 aliphatic carbocycles. The third-order valence-electron chi connectivity index (χ3n) is 2.61. The van der Waals surface area contributed by atoms with Gasteiger partial charge >= 0.3 is 5.97 Å². The number of carbonyl (C=O) groups is 2. The molecular weight excluding hydrogens is 345 g/mol. The molecule has 0 saturated carbocycles. The zero-order valence-corrected chi connectivity index (χ0v) is 12.8. The molecule has 0 heterocycles.